The van der Waals surface area contributed by atoms with Crippen LogP contribution in [0.1, 0.15) is 31.2 Å². The summed E-state index contributed by atoms with van der Waals surface area (Å²) in [5.74, 6) is -0.447. The predicted molar refractivity (Wildman–Crippen MR) is 83.9 cm³/mol. The van der Waals surface area contributed by atoms with Crippen LogP contribution in [0.4, 0.5) is 0 Å². The fourth-order valence-corrected chi connectivity index (χ4v) is 3.61. The molecule has 0 saturated carbocycles. The second-order valence-corrected chi connectivity index (χ2v) is 6.98. The van der Waals surface area contributed by atoms with Gasteiger partial charge in [0.25, 0.3) is 0 Å². The van der Waals surface area contributed by atoms with Gasteiger partial charge < -0.3 is 14.7 Å². The molecule has 2 aliphatic heterocycles. The monoisotopic (exact) mass is 367 g/mol. The lowest BCUT2D eigenvalue weighted by atomic mass is 9.90. The number of carbonyl (C=O) groups is 2. The van der Waals surface area contributed by atoms with Gasteiger partial charge in [-0.05, 0) is 37.0 Å². The number of benzene rings is 1. The summed E-state index contributed by atoms with van der Waals surface area (Å²) >= 11 is 3.41. The minimum Gasteiger partial charge on any atom is -0.492 e. The molecule has 5 nitrogen and oxygen atoms in total. The van der Waals surface area contributed by atoms with Gasteiger partial charge in [-0.2, -0.15) is 0 Å². The van der Waals surface area contributed by atoms with Crippen molar-refractivity contribution in [3.63, 3.8) is 0 Å². The van der Waals surface area contributed by atoms with Crippen LogP contribution < -0.4 is 4.74 Å². The first-order chi connectivity index (χ1) is 10.5. The number of ether oxygens (including phenoxy) is 1. The Hall–Kier alpha value is -1.56. The molecule has 1 aromatic rings. The number of rotatable bonds is 2. The van der Waals surface area contributed by atoms with E-state index in [-0.39, 0.29) is 12.5 Å². The summed E-state index contributed by atoms with van der Waals surface area (Å²) < 4.78 is 6.46. The zero-order chi connectivity index (χ0) is 15.9. The average Bonchev–Trinajstić information content (AvgIpc) is 2.89. The Morgan fingerprint density at radius 2 is 2.18 bits per heavy atom. The van der Waals surface area contributed by atoms with Crippen LogP contribution in [0.5, 0.6) is 5.75 Å². The van der Waals surface area contributed by atoms with E-state index in [1.807, 2.05) is 25.1 Å². The molecule has 6 heteroatoms. The quantitative estimate of drug-likeness (QED) is 0.872. The van der Waals surface area contributed by atoms with Gasteiger partial charge in [0.2, 0.25) is 5.91 Å². The van der Waals surface area contributed by atoms with Crippen molar-refractivity contribution in [3.8, 4) is 5.75 Å². The molecular weight excluding hydrogens is 350 g/mol. The zero-order valence-electron chi connectivity index (χ0n) is 12.3. The number of nitrogens with zero attached hydrogens (tertiary/aromatic N) is 1. The minimum absolute atomic E-state index is 0.142. The Morgan fingerprint density at radius 1 is 1.41 bits per heavy atom. The molecule has 1 fully saturated rings. The number of hydrogen-bond acceptors (Lipinski definition) is 3. The van der Waals surface area contributed by atoms with E-state index in [0.29, 0.717) is 24.6 Å². The Balaban J connectivity index is 1.85. The highest BCUT2D eigenvalue weighted by Gasteiger charge is 2.40. The number of hydrogen-bond donors (Lipinski definition) is 1. The van der Waals surface area contributed by atoms with E-state index in [2.05, 4.69) is 15.9 Å². The standard InChI is InChI=1S/C16H18BrNO4/c1-9-4-5-18(13(6-9)16(20)21)15(19)12-8-22-14-3-2-10(17)7-11(12)14/h2-3,7,9,12-13H,4-6,8H2,1H3,(H,20,21). The van der Waals surface area contributed by atoms with Crippen molar-refractivity contribution in [2.45, 2.75) is 31.7 Å². The molecule has 2 heterocycles. The number of amides is 1. The predicted octanol–water partition coefficient (Wildman–Crippen LogP) is 2.64. The molecule has 0 bridgehead atoms. The van der Waals surface area contributed by atoms with Crippen molar-refractivity contribution in [1.29, 1.82) is 0 Å². The van der Waals surface area contributed by atoms with Crippen LogP contribution in [0, 0.1) is 5.92 Å². The second-order valence-electron chi connectivity index (χ2n) is 6.06. The van der Waals surface area contributed by atoms with Crippen LogP contribution >= 0.6 is 15.9 Å². The van der Waals surface area contributed by atoms with Crippen LogP contribution in [-0.2, 0) is 9.59 Å². The van der Waals surface area contributed by atoms with Gasteiger partial charge in [0.05, 0.1) is 0 Å². The SMILES string of the molecule is CC1CCN(C(=O)C2COc3ccc(Br)cc32)C(C(=O)O)C1. The number of fused-ring (bicyclic) bond motifs is 1. The normalized spacial score (nSPS) is 27.2. The lowest BCUT2D eigenvalue weighted by Gasteiger charge is -2.37. The molecule has 118 valence electrons. The lowest BCUT2D eigenvalue weighted by Crippen LogP contribution is -2.51. The Morgan fingerprint density at radius 3 is 2.91 bits per heavy atom. The second kappa shape index (κ2) is 5.91. The molecular formula is C16H18BrNO4. The summed E-state index contributed by atoms with van der Waals surface area (Å²) in [5.41, 5.74) is 0.835. The molecule has 1 saturated heterocycles. The molecule has 1 N–H and O–H groups in total. The van der Waals surface area contributed by atoms with E-state index < -0.39 is 17.9 Å². The number of likely N-dealkylation sites (tertiary alicyclic amines) is 1. The van der Waals surface area contributed by atoms with E-state index in [0.717, 1.165) is 16.5 Å². The molecule has 0 aromatic heterocycles. The van der Waals surface area contributed by atoms with Gasteiger partial charge >= 0.3 is 5.97 Å². The lowest BCUT2D eigenvalue weighted by molar-refractivity contribution is -0.153. The largest absolute Gasteiger partial charge is 0.492 e. The van der Waals surface area contributed by atoms with Gasteiger partial charge in [0.15, 0.2) is 0 Å². The van der Waals surface area contributed by atoms with E-state index in [1.165, 1.54) is 4.90 Å². The van der Waals surface area contributed by atoms with Crippen LogP contribution in [0.3, 0.4) is 0 Å². The van der Waals surface area contributed by atoms with E-state index in [1.54, 1.807) is 0 Å². The topological polar surface area (TPSA) is 66.8 Å². The van der Waals surface area contributed by atoms with E-state index >= 15 is 0 Å². The van der Waals surface area contributed by atoms with Crippen LogP contribution in [0.2, 0.25) is 0 Å². The fourth-order valence-electron chi connectivity index (χ4n) is 3.23. The molecule has 3 unspecified atom stereocenters. The van der Waals surface area contributed by atoms with Gasteiger partial charge in [0.1, 0.15) is 24.3 Å². The maximum absolute atomic E-state index is 12.9. The summed E-state index contributed by atoms with van der Waals surface area (Å²) in [5, 5.41) is 9.42. The van der Waals surface area contributed by atoms with Gasteiger partial charge in [-0.15, -0.1) is 0 Å². The van der Waals surface area contributed by atoms with Crippen LogP contribution in [0.25, 0.3) is 0 Å². The van der Waals surface area contributed by atoms with E-state index in [9.17, 15) is 14.7 Å². The number of carboxylic acid groups (broad SMARTS) is 1. The third kappa shape index (κ3) is 2.72. The van der Waals surface area contributed by atoms with Gasteiger partial charge in [0, 0.05) is 16.6 Å². The molecule has 1 aromatic carbocycles. The Kier molecular flexibility index (Phi) is 4.12. The molecule has 3 atom stereocenters. The van der Waals surface area contributed by atoms with Crippen molar-refractivity contribution >= 4 is 27.8 Å². The first-order valence-electron chi connectivity index (χ1n) is 7.43. The molecule has 0 radical (unpaired) electrons. The maximum atomic E-state index is 12.9. The van der Waals surface area contributed by atoms with Crippen molar-refractivity contribution in [3.05, 3.63) is 28.2 Å². The first kappa shape index (κ1) is 15.3. The number of aliphatic carboxylic acids is 1. The summed E-state index contributed by atoms with van der Waals surface area (Å²) in [7, 11) is 0. The molecule has 2 aliphatic rings. The number of piperidine rings is 1. The van der Waals surface area contributed by atoms with Crippen molar-refractivity contribution in [2.24, 2.45) is 5.92 Å². The molecule has 3 rings (SSSR count). The highest BCUT2D eigenvalue weighted by atomic mass is 79.9. The maximum Gasteiger partial charge on any atom is 0.326 e. The summed E-state index contributed by atoms with van der Waals surface area (Å²) in [6.45, 7) is 2.81. The van der Waals surface area contributed by atoms with Gasteiger partial charge in [-0.25, -0.2) is 4.79 Å². The fraction of sp³-hybridized carbons (Fsp3) is 0.500. The highest BCUT2D eigenvalue weighted by molar-refractivity contribution is 9.10. The van der Waals surface area contributed by atoms with Crippen molar-refractivity contribution < 1.29 is 19.4 Å². The molecule has 0 aliphatic carbocycles. The first-order valence-corrected chi connectivity index (χ1v) is 8.22. The number of carboxylic acids is 1. The Bertz CT molecular complexity index is 618. The highest BCUT2D eigenvalue weighted by Crippen LogP contribution is 2.38. The summed E-state index contributed by atoms with van der Waals surface area (Å²) in [6, 6.07) is 4.86. The summed E-state index contributed by atoms with van der Waals surface area (Å²) in [6.07, 6.45) is 1.36. The third-order valence-electron chi connectivity index (χ3n) is 4.48. The van der Waals surface area contributed by atoms with Crippen molar-refractivity contribution in [1.82, 2.24) is 4.90 Å². The molecule has 22 heavy (non-hydrogen) atoms. The van der Waals surface area contributed by atoms with Gasteiger partial charge in [-0.3, -0.25) is 4.79 Å². The van der Waals surface area contributed by atoms with Crippen LogP contribution in [0.15, 0.2) is 22.7 Å². The number of halogens is 1. The summed E-state index contributed by atoms with van der Waals surface area (Å²) in [4.78, 5) is 25.9. The van der Waals surface area contributed by atoms with E-state index in [4.69, 9.17) is 4.74 Å². The smallest absolute Gasteiger partial charge is 0.326 e. The van der Waals surface area contributed by atoms with Crippen molar-refractivity contribution in [2.75, 3.05) is 13.2 Å². The molecule has 0 spiro atoms. The Labute approximate surface area is 137 Å². The zero-order valence-corrected chi connectivity index (χ0v) is 13.9. The van der Waals surface area contributed by atoms with Gasteiger partial charge in [-0.1, -0.05) is 22.9 Å². The average molecular weight is 368 g/mol. The number of carbonyl (C=O) groups excluding carboxylic acids is 1. The van der Waals surface area contributed by atoms with Crippen LogP contribution in [-0.4, -0.2) is 41.1 Å². The third-order valence-corrected chi connectivity index (χ3v) is 4.98. The molecule has 1 amide bonds. The minimum atomic E-state index is -0.923.